The van der Waals surface area contributed by atoms with E-state index in [1.807, 2.05) is 111 Å². The van der Waals surface area contributed by atoms with Crippen molar-refractivity contribution in [2.45, 2.75) is 30.9 Å². The minimum Gasteiger partial charge on any atom is -0.494 e. The number of hydrogen-bond acceptors (Lipinski definition) is 7. The quantitative estimate of drug-likeness (QED) is 0.103. The Morgan fingerprint density at radius 2 is 1.55 bits per heavy atom. The Labute approximate surface area is 277 Å². The van der Waals surface area contributed by atoms with E-state index in [1.54, 1.807) is 0 Å². The van der Waals surface area contributed by atoms with Gasteiger partial charge in [-0.25, -0.2) is 10.4 Å². The molecule has 2 atom stereocenters. The van der Waals surface area contributed by atoms with Crippen LogP contribution in [0.5, 0.6) is 5.75 Å². The van der Waals surface area contributed by atoms with Crippen LogP contribution in [-0.2, 0) is 9.53 Å². The van der Waals surface area contributed by atoms with Gasteiger partial charge in [-0.1, -0.05) is 97.1 Å². The maximum atomic E-state index is 14.3. The molecule has 0 radical (unpaired) electrons. The molecule has 1 heterocycles. The van der Waals surface area contributed by atoms with Crippen LogP contribution in [0.3, 0.4) is 0 Å². The minimum absolute atomic E-state index is 0.0732. The minimum atomic E-state index is -1.29. The fourth-order valence-electron chi connectivity index (χ4n) is 5.47. The molecule has 0 fully saturated rings. The molecule has 8 nitrogen and oxygen atoms in total. The smallest absolute Gasteiger partial charge is 0.266 e. The third-order valence-electron chi connectivity index (χ3n) is 8.00. The van der Waals surface area contributed by atoms with E-state index >= 15 is 0 Å². The molecule has 0 saturated heterocycles. The molecule has 3 N–H and O–H groups in total. The van der Waals surface area contributed by atoms with Crippen LogP contribution in [0.4, 0.5) is 0 Å². The largest absolute Gasteiger partial charge is 0.494 e. The Morgan fingerprint density at radius 1 is 0.894 bits per heavy atom. The Bertz CT molecular complexity index is 1610. The number of hydrogen-bond donors (Lipinski definition) is 3. The zero-order valence-electron chi connectivity index (χ0n) is 27.1. The van der Waals surface area contributed by atoms with E-state index in [9.17, 15) is 4.79 Å². The number of aliphatic hydroxyl groups is 1. The van der Waals surface area contributed by atoms with Gasteiger partial charge < -0.3 is 19.5 Å². The van der Waals surface area contributed by atoms with Gasteiger partial charge in [0.2, 0.25) is 5.90 Å². The zero-order valence-corrected chi connectivity index (χ0v) is 27.1. The van der Waals surface area contributed by atoms with Crippen LogP contribution in [-0.4, -0.2) is 67.7 Å². The molecule has 1 aliphatic rings. The topological polar surface area (TPSA) is 95.4 Å². The first-order chi connectivity index (χ1) is 23.0. The molecule has 0 aliphatic carbocycles. The van der Waals surface area contributed by atoms with Crippen LogP contribution in [0, 0.1) is 0 Å². The van der Waals surface area contributed by atoms with E-state index < -0.39 is 11.6 Å². The standard InChI is InChI=1S/C39H44N4O4/c1-43(2)27-10-26-40-42-38(45)39(25-9-14-30-12-5-3-6-13-30)36(33-19-17-32(18-20-33)31-15-7-4-8-16-31)47-37(41-39)34-21-23-35(24-22-34)46-29-11-28-44/h3-9,12-24,36,40,44H,10-11,25-29H2,1-2H3,(H,42,45)/b14-9+/t36-,39-/m0/s1. The van der Waals surface area contributed by atoms with Gasteiger partial charge in [0.25, 0.3) is 5.91 Å². The van der Waals surface area contributed by atoms with Crippen molar-refractivity contribution in [1.82, 2.24) is 15.8 Å². The molecule has 4 aromatic rings. The van der Waals surface area contributed by atoms with Crippen molar-refractivity contribution in [1.29, 1.82) is 0 Å². The summed E-state index contributed by atoms with van der Waals surface area (Å²) < 4.78 is 12.4. The van der Waals surface area contributed by atoms with Crippen molar-refractivity contribution < 1.29 is 19.4 Å². The van der Waals surface area contributed by atoms with Gasteiger partial charge in [-0.05, 0) is 73.6 Å². The lowest BCUT2D eigenvalue weighted by molar-refractivity contribution is -0.129. The molecule has 0 aromatic heterocycles. The van der Waals surface area contributed by atoms with Crippen LogP contribution in [0.25, 0.3) is 17.2 Å². The molecular formula is C39H44N4O4. The summed E-state index contributed by atoms with van der Waals surface area (Å²) in [5, 5.41) is 9.09. The van der Waals surface area contributed by atoms with Crippen molar-refractivity contribution in [3.8, 4) is 16.9 Å². The summed E-state index contributed by atoms with van der Waals surface area (Å²) in [7, 11) is 4.06. The van der Waals surface area contributed by atoms with Crippen LogP contribution in [0.2, 0.25) is 0 Å². The lowest BCUT2D eigenvalue weighted by Crippen LogP contribution is -2.52. The van der Waals surface area contributed by atoms with Crippen molar-refractivity contribution in [3.05, 3.63) is 132 Å². The molecule has 0 spiro atoms. The van der Waals surface area contributed by atoms with Crippen LogP contribution >= 0.6 is 0 Å². The summed E-state index contributed by atoms with van der Waals surface area (Å²) in [6.45, 7) is 2.01. The highest BCUT2D eigenvalue weighted by Gasteiger charge is 2.52. The van der Waals surface area contributed by atoms with Crippen molar-refractivity contribution >= 4 is 17.9 Å². The molecule has 244 valence electrons. The van der Waals surface area contributed by atoms with E-state index in [0.717, 1.165) is 40.8 Å². The predicted molar refractivity (Wildman–Crippen MR) is 188 cm³/mol. The fourth-order valence-corrected chi connectivity index (χ4v) is 5.47. The third-order valence-corrected chi connectivity index (χ3v) is 8.00. The highest BCUT2D eigenvalue weighted by atomic mass is 16.5. The SMILES string of the molecule is CN(C)CCCNNC(=O)[C@@]1(C/C=C/c2ccccc2)N=C(c2ccc(OCCCO)cc2)O[C@H]1c1ccc(-c2ccccc2)cc1. The number of ether oxygens (including phenoxy) is 2. The van der Waals surface area contributed by atoms with Crippen molar-refractivity contribution in [3.63, 3.8) is 0 Å². The van der Waals surface area contributed by atoms with E-state index in [-0.39, 0.29) is 12.5 Å². The van der Waals surface area contributed by atoms with E-state index in [2.05, 4.69) is 40.0 Å². The molecule has 1 aliphatic heterocycles. The molecular weight excluding hydrogens is 588 g/mol. The normalized spacial score (nSPS) is 17.4. The summed E-state index contributed by atoms with van der Waals surface area (Å²) in [4.78, 5) is 21.5. The highest BCUT2D eigenvalue weighted by molar-refractivity contribution is 6.01. The maximum Gasteiger partial charge on any atom is 0.266 e. The second-order valence-electron chi connectivity index (χ2n) is 11.8. The summed E-state index contributed by atoms with van der Waals surface area (Å²) in [6, 6.07) is 35.9. The predicted octanol–water partition coefficient (Wildman–Crippen LogP) is 6.05. The molecule has 5 rings (SSSR count). The second-order valence-corrected chi connectivity index (χ2v) is 11.8. The number of nitrogens with zero attached hydrogens (tertiary/aromatic N) is 2. The van der Waals surface area contributed by atoms with Crippen molar-refractivity contribution in [2.24, 2.45) is 4.99 Å². The molecule has 8 heteroatoms. The number of hydrazine groups is 1. The first kappa shape index (κ1) is 33.6. The third kappa shape index (κ3) is 8.95. The summed E-state index contributed by atoms with van der Waals surface area (Å²) in [5.74, 6) is 0.807. The molecule has 1 amide bonds. The highest BCUT2D eigenvalue weighted by Crippen LogP contribution is 2.43. The number of benzene rings is 4. The summed E-state index contributed by atoms with van der Waals surface area (Å²) >= 11 is 0. The number of aliphatic imine (C=N–C) groups is 1. The Balaban J connectivity index is 1.49. The number of carbonyl (C=O) groups excluding carboxylic acids is 1. The first-order valence-electron chi connectivity index (χ1n) is 16.1. The van der Waals surface area contributed by atoms with Crippen LogP contribution in [0.1, 0.15) is 42.1 Å². The van der Waals surface area contributed by atoms with Gasteiger partial charge in [-0.3, -0.25) is 10.2 Å². The zero-order chi connectivity index (χ0) is 32.9. The molecule has 47 heavy (non-hydrogen) atoms. The molecule has 0 unspecified atom stereocenters. The van der Waals surface area contributed by atoms with Gasteiger partial charge >= 0.3 is 0 Å². The van der Waals surface area contributed by atoms with Crippen LogP contribution in [0.15, 0.2) is 120 Å². The lowest BCUT2D eigenvalue weighted by atomic mass is 9.84. The van der Waals surface area contributed by atoms with Crippen LogP contribution < -0.4 is 15.6 Å². The van der Waals surface area contributed by atoms with Gasteiger partial charge in [0.05, 0.1) is 6.61 Å². The van der Waals surface area contributed by atoms with E-state index in [4.69, 9.17) is 19.6 Å². The fraction of sp³-hybridized carbons (Fsp3) is 0.282. The number of carbonyl (C=O) groups is 1. The number of rotatable bonds is 16. The van der Waals surface area contributed by atoms with Crippen molar-refractivity contribution in [2.75, 3.05) is 40.4 Å². The lowest BCUT2D eigenvalue weighted by Gasteiger charge is -2.30. The monoisotopic (exact) mass is 632 g/mol. The summed E-state index contributed by atoms with van der Waals surface area (Å²) in [5.41, 5.74) is 9.62. The maximum absolute atomic E-state index is 14.3. The Kier molecular flexibility index (Phi) is 11.9. The van der Waals surface area contributed by atoms with E-state index in [1.165, 1.54) is 0 Å². The molecule has 4 aromatic carbocycles. The second kappa shape index (κ2) is 16.7. The number of nitrogens with one attached hydrogen (secondary N) is 2. The van der Waals surface area contributed by atoms with Gasteiger partial charge in [0.1, 0.15) is 5.75 Å². The number of amides is 1. The average molecular weight is 633 g/mol. The molecule has 0 saturated carbocycles. The van der Waals surface area contributed by atoms with Gasteiger partial charge in [-0.15, -0.1) is 0 Å². The first-order valence-corrected chi connectivity index (χ1v) is 16.1. The van der Waals surface area contributed by atoms with Gasteiger partial charge in [0, 0.05) is 31.6 Å². The van der Waals surface area contributed by atoms with Gasteiger partial charge in [-0.2, -0.15) is 0 Å². The van der Waals surface area contributed by atoms with Gasteiger partial charge in [0.15, 0.2) is 11.6 Å². The Hall–Kier alpha value is -4.76. The van der Waals surface area contributed by atoms with E-state index in [0.29, 0.717) is 37.6 Å². The number of aliphatic hydroxyl groups excluding tert-OH is 1. The summed E-state index contributed by atoms with van der Waals surface area (Å²) in [6.07, 6.45) is 5.06. The molecule has 0 bridgehead atoms. The average Bonchev–Trinajstić information content (AvgIpc) is 3.50. The Morgan fingerprint density at radius 3 is 2.23 bits per heavy atom.